The Hall–Kier alpha value is -3.91. The molecule has 0 unspecified atom stereocenters. The number of benzene rings is 2. The average molecular weight is 553 g/mol. The number of rotatable bonds is 5. The number of amides is 2. The van der Waals surface area contributed by atoms with Gasteiger partial charge in [0.05, 0.1) is 12.2 Å². The third-order valence-corrected chi connectivity index (χ3v) is 8.89. The predicted octanol–water partition coefficient (Wildman–Crippen LogP) is 3.76. The molecule has 1 atom stereocenters. The fourth-order valence-electron chi connectivity index (χ4n) is 6.73. The molecule has 8 heteroatoms. The van der Waals surface area contributed by atoms with Crippen LogP contribution in [0.4, 0.5) is 11.4 Å². The van der Waals surface area contributed by atoms with Crippen LogP contribution < -0.4 is 15.1 Å². The van der Waals surface area contributed by atoms with Gasteiger partial charge in [-0.2, -0.15) is 0 Å². The maximum atomic E-state index is 13.6. The molecule has 3 aliphatic rings. The molecule has 41 heavy (non-hydrogen) atoms. The first-order valence-corrected chi connectivity index (χ1v) is 14.8. The smallest absolute Gasteiger partial charge is 0.270 e. The molecule has 0 saturated carbocycles. The lowest BCUT2D eigenvalue weighted by atomic mass is 9.97. The number of fused-ring (bicyclic) bond motifs is 2. The summed E-state index contributed by atoms with van der Waals surface area (Å²) in [5, 5.41) is 5.78. The van der Waals surface area contributed by atoms with E-state index in [-0.39, 0.29) is 17.9 Å². The number of nitrogens with one attached hydrogen (secondary N) is 1. The molecule has 0 aliphatic carbocycles. The van der Waals surface area contributed by atoms with Gasteiger partial charge in [-0.05, 0) is 68.9 Å². The molecule has 2 saturated heterocycles. The number of carbonyl (C=O) groups is 2. The molecule has 8 nitrogen and oxygen atoms in total. The Morgan fingerprint density at radius 3 is 2.54 bits per heavy atom. The van der Waals surface area contributed by atoms with Gasteiger partial charge in [-0.25, -0.2) is 4.98 Å². The minimum Gasteiger partial charge on any atom is -0.368 e. The number of aryl methyl sites for hydroxylation is 1. The minimum absolute atomic E-state index is 0.0278. The standard InChI is InChI=1S/C33H40N6O2/c1-4-31(40)38-18-16-37(17-19-38)30-20-27(33(41)34-25-11-7-14-36(3)21-25)35-28-22-39(15-13-26(28)30)29-12-6-10-24-9-5-8-23(2)32(24)29/h4-6,8-10,12,20,25H,1,7,11,13-19,21-22H2,2-3H3,(H,34,41)/t25-/m1/s1. The fraction of sp³-hybridized carbons (Fsp3) is 0.424. The number of hydrogen-bond acceptors (Lipinski definition) is 6. The first-order chi connectivity index (χ1) is 19.9. The lowest BCUT2D eigenvalue weighted by Gasteiger charge is -2.39. The van der Waals surface area contributed by atoms with Gasteiger partial charge in [-0.15, -0.1) is 0 Å². The van der Waals surface area contributed by atoms with Crippen LogP contribution in [0.5, 0.6) is 0 Å². The van der Waals surface area contributed by atoms with Crippen molar-refractivity contribution >= 4 is 34.0 Å². The lowest BCUT2D eigenvalue weighted by molar-refractivity contribution is -0.126. The second kappa shape index (κ2) is 11.5. The quantitative estimate of drug-likeness (QED) is 0.486. The van der Waals surface area contributed by atoms with Crippen molar-refractivity contribution in [2.75, 3.05) is 62.7 Å². The zero-order chi connectivity index (χ0) is 28.5. The number of anilines is 2. The molecular weight excluding hydrogens is 512 g/mol. The van der Waals surface area contributed by atoms with Gasteiger partial charge in [0, 0.05) is 67.6 Å². The summed E-state index contributed by atoms with van der Waals surface area (Å²) in [4.78, 5) is 39.7. The zero-order valence-corrected chi connectivity index (χ0v) is 24.2. The number of likely N-dealkylation sites (N-methyl/N-ethyl adjacent to an activating group) is 1. The monoisotopic (exact) mass is 552 g/mol. The topological polar surface area (TPSA) is 72.0 Å². The molecule has 0 radical (unpaired) electrons. The molecule has 1 N–H and O–H groups in total. The van der Waals surface area contributed by atoms with E-state index in [1.807, 2.05) is 11.0 Å². The van der Waals surface area contributed by atoms with Crippen LogP contribution in [0, 0.1) is 6.92 Å². The summed E-state index contributed by atoms with van der Waals surface area (Å²) in [6.45, 7) is 12.0. The van der Waals surface area contributed by atoms with Crippen LogP contribution in [0.3, 0.4) is 0 Å². The van der Waals surface area contributed by atoms with E-state index in [2.05, 4.69) is 77.0 Å². The highest BCUT2D eigenvalue weighted by atomic mass is 16.2. The SMILES string of the molecule is C=CC(=O)N1CCN(c2cc(C(=O)N[C@@H]3CCCN(C)C3)nc3c2CCN(c2cccc4cccc(C)c24)C3)CC1. The molecule has 2 aromatic carbocycles. The van der Waals surface area contributed by atoms with Crippen LogP contribution in [0.2, 0.25) is 0 Å². The van der Waals surface area contributed by atoms with E-state index in [4.69, 9.17) is 4.98 Å². The fourth-order valence-corrected chi connectivity index (χ4v) is 6.73. The summed E-state index contributed by atoms with van der Waals surface area (Å²) in [6.07, 6.45) is 4.30. The molecule has 3 aromatic rings. The summed E-state index contributed by atoms with van der Waals surface area (Å²) in [5.41, 5.74) is 6.22. The number of likely N-dealkylation sites (tertiary alicyclic amines) is 1. The van der Waals surface area contributed by atoms with Gasteiger partial charge in [0.1, 0.15) is 5.69 Å². The van der Waals surface area contributed by atoms with Gasteiger partial charge in [0.15, 0.2) is 0 Å². The Balaban J connectivity index is 1.33. The maximum absolute atomic E-state index is 13.6. The van der Waals surface area contributed by atoms with Crippen molar-refractivity contribution < 1.29 is 9.59 Å². The van der Waals surface area contributed by atoms with Crippen molar-refractivity contribution in [2.45, 2.75) is 38.8 Å². The summed E-state index contributed by atoms with van der Waals surface area (Å²) in [5.74, 6) is -0.132. The third kappa shape index (κ3) is 5.53. The van der Waals surface area contributed by atoms with Crippen LogP contribution in [-0.4, -0.2) is 85.5 Å². The highest BCUT2D eigenvalue weighted by molar-refractivity contribution is 5.97. The number of nitrogens with zero attached hydrogens (tertiary/aromatic N) is 5. The molecule has 2 fully saturated rings. The second-order valence-corrected chi connectivity index (χ2v) is 11.7. The number of piperazine rings is 1. The van der Waals surface area contributed by atoms with Crippen LogP contribution >= 0.6 is 0 Å². The Bertz CT molecular complexity index is 1470. The normalized spacial score (nSPS) is 19.7. The molecule has 3 aliphatic heterocycles. The van der Waals surface area contributed by atoms with Crippen LogP contribution in [0.15, 0.2) is 55.1 Å². The Labute approximate surface area is 242 Å². The zero-order valence-electron chi connectivity index (χ0n) is 24.2. The van der Waals surface area contributed by atoms with Crippen molar-refractivity contribution in [3.8, 4) is 0 Å². The molecule has 1 aromatic heterocycles. The predicted molar refractivity (Wildman–Crippen MR) is 165 cm³/mol. The Morgan fingerprint density at radius 2 is 1.78 bits per heavy atom. The molecule has 4 heterocycles. The molecule has 0 spiro atoms. The van der Waals surface area contributed by atoms with Crippen molar-refractivity contribution in [1.82, 2.24) is 20.1 Å². The van der Waals surface area contributed by atoms with E-state index in [0.717, 1.165) is 63.4 Å². The number of hydrogen-bond donors (Lipinski definition) is 1. The van der Waals surface area contributed by atoms with Gasteiger partial charge < -0.3 is 24.9 Å². The van der Waals surface area contributed by atoms with Crippen LogP contribution in [-0.2, 0) is 17.8 Å². The minimum atomic E-state index is -0.104. The van der Waals surface area contributed by atoms with E-state index >= 15 is 0 Å². The molecule has 6 rings (SSSR count). The van der Waals surface area contributed by atoms with Gasteiger partial charge in [-0.3, -0.25) is 9.59 Å². The highest BCUT2D eigenvalue weighted by Crippen LogP contribution is 2.35. The highest BCUT2D eigenvalue weighted by Gasteiger charge is 2.29. The molecule has 214 valence electrons. The summed E-state index contributed by atoms with van der Waals surface area (Å²) in [6, 6.07) is 15.1. The average Bonchev–Trinajstić information content (AvgIpc) is 2.99. The summed E-state index contributed by atoms with van der Waals surface area (Å²) < 4.78 is 0. The number of carbonyl (C=O) groups excluding carboxylic acids is 2. The summed E-state index contributed by atoms with van der Waals surface area (Å²) in [7, 11) is 2.11. The van der Waals surface area contributed by atoms with E-state index < -0.39 is 0 Å². The van der Waals surface area contributed by atoms with E-state index in [1.54, 1.807) is 0 Å². The third-order valence-electron chi connectivity index (χ3n) is 8.89. The Morgan fingerprint density at radius 1 is 1.00 bits per heavy atom. The number of piperidine rings is 1. The molecule has 2 amide bonds. The van der Waals surface area contributed by atoms with E-state index in [9.17, 15) is 9.59 Å². The molecule has 0 bridgehead atoms. The summed E-state index contributed by atoms with van der Waals surface area (Å²) >= 11 is 0. The number of aromatic nitrogens is 1. The van der Waals surface area contributed by atoms with Crippen molar-refractivity contribution in [3.05, 3.63) is 77.6 Å². The van der Waals surface area contributed by atoms with Crippen molar-refractivity contribution in [3.63, 3.8) is 0 Å². The maximum Gasteiger partial charge on any atom is 0.270 e. The number of pyridine rings is 1. The van der Waals surface area contributed by atoms with Crippen molar-refractivity contribution in [1.29, 1.82) is 0 Å². The first-order valence-electron chi connectivity index (χ1n) is 14.8. The van der Waals surface area contributed by atoms with Crippen LogP contribution in [0.1, 0.15) is 40.2 Å². The van der Waals surface area contributed by atoms with Gasteiger partial charge in [0.2, 0.25) is 5.91 Å². The lowest BCUT2D eigenvalue weighted by Crippen LogP contribution is -2.49. The second-order valence-electron chi connectivity index (χ2n) is 11.7. The first kappa shape index (κ1) is 27.3. The van der Waals surface area contributed by atoms with Gasteiger partial charge in [-0.1, -0.05) is 36.9 Å². The van der Waals surface area contributed by atoms with Crippen LogP contribution in [0.25, 0.3) is 10.8 Å². The van der Waals surface area contributed by atoms with E-state index in [0.29, 0.717) is 25.3 Å². The van der Waals surface area contributed by atoms with Crippen molar-refractivity contribution in [2.24, 2.45) is 0 Å². The van der Waals surface area contributed by atoms with Gasteiger partial charge in [0.25, 0.3) is 5.91 Å². The largest absolute Gasteiger partial charge is 0.368 e. The molecular formula is C33H40N6O2. The van der Waals surface area contributed by atoms with E-state index in [1.165, 1.54) is 33.7 Å². The van der Waals surface area contributed by atoms with Gasteiger partial charge >= 0.3 is 0 Å². The Kier molecular flexibility index (Phi) is 7.67.